The Hall–Kier alpha value is -1.58. The number of aryl methyl sites for hydroxylation is 1. The fraction of sp³-hybridized carbons (Fsp3) is 0.235. The van der Waals surface area contributed by atoms with Crippen molar-refractivity contribution in [2.45, 2.75) is 25.8 Å². The number of nitrogens with one attached hydrogen (secondary N) is 1. The van der Waals surface area contributed by atoms with Gasteiger partial charge in [-0.3, -0.25) is 0 Å². The van der Waals surface area contributed by atoms with Gasteiger partial charge in [-0.25, -0.2) is 0 Å². The van der Waals surface area contributed by atoms with Gasteiger partial charge < -0.3 is 9.55 Å². The first-order chi connectivity index (χ1) is 10.2. The first kappa shape index (κ1) is 14.4. The Balaban J connectivity index is 1.86. The van der Waals surface area contributed by atoms with Gasteiger partial charge in [0.25, 0.3) is 0 Å². The van der Waals surface area contributed by atoms with Crippen LogP contribution in [0.3, 0.4) is 0 Å². The molecule has 0 aliphatic rings. The van der Waals surface area contributed by atoms with Crippen LogP contribution >= 0.6 is 23.8 Å². The second-order valence-corrected chi connectivity index (χ2v) is 6.11. The first-order valence-electron chi connectivity index (χ1n) is 7.09. The van der Waals surface area contributed by atoms with Gasteiger partial charge in [0.15, 0.2) is 4.77 Å². The first-order valence-corrected chi connectivity index (χ1v) is 7.87. The highest BCUT2D eigenvalue weighted by Crippen LogP contribution is 2.25. The van der Waals surface area contributed by atoms with E-state index in [9.17, 15) is 0 Å². The molecule has 3 rings (SSSR count). The van der Waals surface area contributed by atoms with E-state index in [1.165, 1.54) is 5.56 Å². The molecular formula is C17H17ClN2S. The third-order valence-corrected chi connectivity index (χ3v) is 4.53. The van der Waals surface area contributed by atoms with Crippen molar-refractivity contribution < 1.29 is 0 Å². The van der Waals surface area contributed by atoms with Crippen LogP contribution in [0, 0.1) is 4.77 Å². The Labute approximate surface area is 134 Å². The number of fused-ring (bicyclic) bond motifs is 1. The summed E-state index contributed by atoms with van der Waals surface area (Å²) in [5.74, 6) is 0.487. The van der Waals surface area contributed by atoms with E-state index in [0.29, 0.717) is 5.92 Å². The molecule has 2 nitrogen and oxygen atoms in total. The Morgan fingerprint density at radius 2 is 1.90 bits per heavy atom. The summed E-state index contributed by atoms with van der Waals surface area (Å²) in [5.41, 5.74) is 3.36. The van der Waals surface area contributed by atoms with Crippen LogP contribution in [0.2, 0.25) is 5.02 Å². The number of nitrogens with zero attached hydrogens (tertiary/aromatic N) is 1. The summed E-state index contributed by atoms with van der Waals surface area (Å²) < 4.78 is 2.84. The van der Waals surface area contributed by atoms with Crippen LogP contribution < -0.4 is 0 Å². The molecule has 0 amide bonds. The SMILES string of the molecule is CC(CCn1c(=S)[nH]c2cccc(Cl)c21)c1ccccc1. The lowest BCUT2D eigenvalue weighted by molar-refractivity contribution is 0.582. The van der Waals surface area contributed by atoms with Crippen LogP contribution in [0.15, 0.2) is 48.5 Å². The van der Waals surface area contributed by atoms with Gasteiger partial charge in [0, 0.05) is 6.54 Å². The van der Waals surface area contributed by atoms with Crippen LogP contribution in [0.1, 0.15) is 24.8 Å². The number of hydrogen-bond donors (Lipinski definition) is 1. The van der Waals surface area contributed by atoms with Crippen molar-refractivity contribution in [2.24, 2.45) is 0 Å². The molecule has 0 aliphatic carbocycles. The minimum Gasteiger partial charge on any atom is -0.331 e. The lowest BCUT2D eigenvalue weighted by Crippen LogP contribution is -2.03. The molecule has 0 spiro atoms. The largest absolute Gasteiger partial charge is 0.331 e. The summed E-state index contributed by atoms with van der Waals surface area (Å²) in [6.07, 6.45) is 1.02. The fourth-order valence-corrected chi connectivity index (χ4v) is 3.23. The van der Waals surface area contributed by atoms with E-state index in [1.807, 2.05) is 24.3 Å². The average molecular weight is 317 g/mol. The Kier molecular flexibility index (Phi) is 4.13. The van der Waals surface area contributed by atoms with E-state index in [0.717, 1.165) is 33.8 Å². The Bertz CT molecular complexity index is 805. The van der Waals surface area contributed by atoms with E-state index in [-0.39, 0.29) is 0 Å². The van der Waals surface area contributed by atoms with Gasteiger partial charge in [0.2, 0.25) is 0 Å². The Morgan fingerprint density at radius 3 is 2.67 bits per heavy atom. The highest BCUT2D eigenvalue weighted by molar-refractivity contribution is 7.71. The second kappa shape index (κ2) is 6.04. The van der Waals surface area contributed by atoms with E-state index in [2.05, 4.69) is 40.7 Å². The maximum atomic E-state index is 6.32. The summed E-state index contributed by atoms with van der Waals surface area (Å²) >= 11 is 11.8. The minimum atomic E-state index is 0.487. The van der Waals surface area contributed by atoms with Gasteiger partial charge in [0.1, 0.15) is 0 Å². The second-order valence-electron chi connectivity index (χ2n) is 5.32. The molecule has 0 aliphatic heterocycles. The summed E-state index contributed by atoms with van der Waals surface area (Å²) in [5, 5.41) is 0.743. The molecule has 0 saturated heterocycles. The zero-order valence-electron chi connectivity index (χ0n) is 11.8. The predicted molar refractivity (Wildman–Crippen MR) is 91.6 cm³/mol. The third-order valence-electron chi connectivity index (χ3n) is 3.90. The Morgan fingerprint density at radius 1 is 1.14 bits per heavy atom. The standard InChI is InChI=1S/C17H17ClN2S/c1-12(13-6-3-2-4-7-13)10-11-20-16-14(18)8-5-9-15(16)19-17(20)21/h2-9,12H,10-11H2,1H3,(H,19,21). The van der Waals surface area contributed by atoms with E-state index < -0.39 is 0 Å². The van der Waals surface area contributed by atoms with Crippen LogP contribution in [0.4, 0.5) is 0 Å². The smallest absolute Gasteiger partial charge is 0.178 e. The molecule has 3 aromatic rings. The lowest BCUT2D eigenvalue weighted by atomic mass is 9.98. The molecule has 1 atom stereocenters. The van der Waals surface area contributed by atoms with Crippen molar-refractivity contribution in [1.82, 2.24) is 9.55 Å². The van der Waals surface area contributed by atoms with Crippen LogP contribution in [0.5, 0.6) is 0 Å². The van der Waals surface area contributed by atoms with Crippen molar-refractivity contribution in [3.05, 3.63) is 63.9 Å². The molecule has 21 heavy (non-hydrogen) atoms. The number of aromatic amines is 1. The topological polar surface area (TPSA) is 20.7 Å². The van der Waals surface area contributed by atoms with Crippen molar-refractivity contribution >= 4 is 34.9 Å². The summed E-state index contributed by atoms with van der Waals surface area (Å²) in [6, 6.07) is 16.4. The maximum Gasteiger partial charge on any atom is 0.178 e. The number of benzene rings is 2. The van der Waals surface area contributed by atoms with Crippen LogP contribution in [-0.4, -0.2) is 9.55 Å². The monoisotopic (exact) mass is 316 g/mol. The molecule has 0 bridgehead atoms. The molecule has 1 unspecified atom stereocenters. The van der Waals surface area contributed by atoms with Gasteiger partial charge in [-0.1, -0.05) is 54.9 Å². The van der Waals surface area contributed by atoms with Crippen molar-refractivity contribution in [3.8, 4) is 0 Å². The van der Waals surface area contributed by atoms with Gasteiger partial charge in [-0.2, -0.15) is 0 Å². The number of H-pyrrole nitrogens is 1. The molecule has 0 fully saturated rings. The number of halogens is 1. The van der Waals surface area contributed by atoms with E-state index in [1.54, 1.807) is 0 Å². The molecule has 0 radical (unpaired) electrons. The molecule has 1 aromatic heterocycles. The average Bonchev–Trinajstić information content (AvgIpc) is 2.82. The van der Waals surface area contributed by atoms with Crippen molar-refractivity contribution in [3.63, 3.8) is 0 Å². The highest BCUT2D eigenvalue weighted by Gasteiger charge is 2.10. The fourth-order valence-electron chi connectivity index (χ4n) is 2.66. The van der Waals surface area contributed by atoms with Gasteiger partial charge >= 0.3 is 0 Å². The number of rotatable bonds is 4. The molecule has 4 heteroatoms. The van der Waals surface area contributed by atoms with Crippen LogP contribution in [-0.2, 0) is 6.54 Å². The third kappa shape index (κ3) is 2.89. The quantitative estimate of drug-likeness (QED) is 0.626. The highest BCUT2D eigenvalue weighted by atomic mass is 35.5. The van der Waals surface area contributed by atoms with Gasteiger partial charge in [-0.05, 0) is 42.3 Å². The zero-order valence-corrected chi connectivity index (χ0v) is 13.4. The zero-order chi connectivity index (χ0) is 14.8. The van der Waals surface area contributed by atoms with Gasteiger partial charge in [0.05, 0.1) is 16.1 Å². The molecule has 108 valence electrons. The number of para-hydroxylation sites is 1. The summed E-state index contributed by atoms with van der Waals surface area (Å²) in [4.78, 5) is 3.22. The van der Waals surface area contributed by atoms with E-state index in [4.69, 9.17) is 23.8 Å². The number of imidazole rings is 1. The molecule has 1 N–H and O–H groups in total. The number of aromatic nitrogens is 2. The predicted octanol–water partition coefficient (Wildman–Crippen LogP) is 5.55. The molecule has 0 saturated carbocycles. The minimum absolute atomic E-state index is 0.487. The van der Waals surface area contributed by atoms with Crippen molar-refractivity contribution in [1.29, 1.82) is 0 Å². The normalized spacial score (nSPS) is 12.7. The maximum absolute atomic E-state index is 6.32. The molecule has 1 heterocycles. The van der Waals surface area contributed by atoms with E-state index >= 15 is 0 Å². The molecular weight excluding hydrogens is 300 g/mol. The van der Waals surface area contributed by atoms with Crippen molar-refractivity contribution in [2.75, 3.05) is 0 Å². The van der Waals surface area contributed by atoms with Crippen LogP contribution in [0.25, 0.3) is 11.0 Å². The summed E-state index contributed by atoms with van der Waals surface area (Å²) in [7, 11) is 0. The number of hydrogen-bond acceptors (Lipinski definition) is 1. The lowest BCUT2D eigenvalue weighted by Gasteiger charge is -2.13. The summed E-state index contributed by atoms with van der Waals surface area (Å²) in [6.45, 7) is 3.11. The molecule has 2 aromatic carbocycles. The van der Waals surface area contributed by atoms with Gasteiger partial charge in [-0.15, -0.1) is 0 Å².